The number of benzene rings is 1. The van der Waals surface area contributed by atoms with E-state index in [0.29, 0.717) is 12.5 Å². The van der Waals surface area contributed by atoms with Crippen LogP contribution in [0.4, 0.5) is 0 Å². The zero-order valence-corrected chi connectivity index (χ0v) is 26.3. The molecule has 0 aromatic heterocycles. The molecular formula is C31H54O5Si. The lowest BCUT2D eigenvalue weighted by molar-refractivity contribution is -0.300. The van der Waals surface area contributed by atoms with E-state index in [-0.39, 0.29) is 29.3 Å². The Kier molecular flexibility index (Phi) is 11.9. The Bertz CT molecular complexity index is 814. The Hall–Kier alpha value is -1.18. The maximum atomic E-state index is 6.63. The molecule has 2 rings (SSSR count). The third-order valence-electron chi connectivity index (χ3n) is 8.04. The summed E-state index contributed by atoms with van der Waals surface area (Å²) in [4.78, 5) is 0. The van der Waals surface area contributed by atoms with Gasteiger partial charge in [0.15, 0.2) is 14.1 Å². The molecule has 0 amide bonds. The summed E-state index contributed by atoms with van der Waals surface area (Å²) >= 11 is 0. The lowest BCUT2D eigenvalue weighted by atomic mass is 9.88. The Labute approximate surface area is 228 Å². The van der Waals surface area contributed by atoms with E-state index in [2.05, 4.69) is 66.4 Å². The molecule has 0 aliphatic carbocycles. The molecule has 6 heteroatoms. The summed E-state index contributed by atoms with van der Waals surface area (Å²) in [6.07, 6.45) is 6.15. The maximum Gasteiger partial charge on any atom is 0.191 e. The van der Waals surface area contributed by atoms with Gasteiger partial charge in [-0.1, -0.05) is 52.8 Å². The quantitative estimate of drug-likeness (QED) is 0.178. The SMILES string of the molecule is C=CC[C@H]1C[C@H](CC[C@@H](C)[C@H](OCc2ccc(OC)cc2)[C@H](C)CO[Si](C)(C)C(C)(C)C)OC(C)(C)O1. The van der Waals surface area contributed by atoms with Crippen LogP contribution >= 0.6 is 0 Å². The van der Waals surface area contributed by atoms with E-state index in [9.17, 15) is 0 Å². The second-order valence-corrected chi connectivity index (χ2v) is 17.7. The predicted octanol–water partition coefficient (Wildman–Crippen LogP) is 8.14. The smallest absolute Gasteiger partial charge is 0.191 e. The van der Waals surface area contributed by atoms with Gasteiger partial charge in [0.2, 0.25) is 0 Å². The van der Waals surface area contributed by atoms with Crippen LogP contribution in [0.2, 0.25) is 18.1 Å². The van der Waals surface area contributed by atoms with Crippen LogP contribution in [0.3, 0.4) is 0 Å². The van der Waals surface area contributed by atoms with E-state index >= 15 is 0 Å². The van der Waals surface area contributed by atoms with E-state index in [1.807, 2.05) is 32.1 Å². The molecule has 0 N–H and O–H groups in total. The highest BCUT2D eigenvalue weighted by molar-refractivity contribution is 6.74. The fraction of sp³-hybridized carbons (Fsp3) is 0.742. The molecule has 1 heterocycles. The van der Waals surface area contributed by atoms with Crippen molar-refractivity contribution in [2.45, 2.75) is 123 Å². The molecule has 1 aliphatic heterocycles. The van der Waals surface area contributed by atoms with E-state index in [1.165, 1.54) is 0 Å². The second-order valence-electron chi connectivity index (χ2n) is 12.9. The summed E-state index contributed by atoms with van der Waals surface area (Å²) in [5.74, 6) is 0.944. The van der Waals surface area contributed by atoms with Gasteiger partial charge in [0.05, 0.1) is 32.0 Å². The normalized spacial score (nSPS) is 22.8. The number of hydrogen-bond donors (Lipinski definition) is 0. The first-order chi connectivity index (χ1) is 17.2. The van der Waals surface area contributed by atoms with Gasteiger partial charge in [0, 0.05) is 18.9 Å². The summed E-state index contributed by atoms with van der Waals surface area (Å²) in [7, 11) is -0.144. The summed E-state index contributed by atoms with van der Waals surface area (Å²) < 4.78 is 31.0. The van der Waals surface area contributed by atoms with Crippen molar-refractivity contribution in [3.8, 4) is 5.75 Å². The van der Waals surface area contributed by atoms with Crippen LogP contribution in [-0.2, 0) is 25.2 Å². The second kappa shape index (κ2) is 13.7. The molecule has 1 fully saturated rings. The van der Waals surface area contributed by atoms with Crippen LogP contribution in [0.1, 0.15) is 79.7 Å². The molecule has 1 saturated heterocycles. The van der Waals surface area contributed by atoms with Gasteiger partial charge in [0.1, 0.15) is 5.75 Å². The summed E-state index contributed by atoms with van der Waals surface area (Å²) in [5.41, 5.74) is 1.15. The van der Waals surface area contributed by atoms with Crippen LogP contribution < -0.4 is 4.74 Å². The van der Waals surface area contributed by atoms with Gasteiger partial charge in [-0.15, -0.1) is 6.58 Å². The topological polar surface area (TPSA) is 46.2 Å². The van der Waals surface area contributed by atoms with Crippen LogP contribution in [0, 0.1) is 11.8 Å². The minimum atomic E-state index is -1.83. The van der Waals surface area contributed by atoms with Gasteiger partial charge >= 0.3 is 0 Å². The fourth-order valence-corrected chi connectivity index (χ4v) is 5.91. The highest BCUT2D eigenvalue weighted by atomic mass is 28.4. The third-order valence-corrected chi connectivity index (χ3v) is 12.5. The molecule has 0 saturated carbocycles. The molecule has 0 radical (unpaired) electrons. The summed E-state index contributed by atoms with van der Waals surface area (Å²) in [6, 6.07) is 8.14. The van der Waals surface area contributed by atoms with Gasteiger partial charge in [-0.05, 0) is 74.9 Å². The monoisotopic (exact) mass is 534 g/mol. The van der Waals surface area contributed by atoms with Crippen LogP contribution in [0.15, 0.2) is 36.9 Å². The van der Waals surface area contributed by atoms with Crippen molar-refractivity contribution in [1.29, 1.82) is 0 Å². The minimum Gasteiger partial charge on any atom is -0.497 e. The van der Waals surface area contributed by atoms with Gasteiger partial charge < -0.3 is 23.4 Å². The van der Waals surface area contributed by atoms with Crippen molar-refractivity contribution in [2.24, 2.45) is 11.8 Å². The zero-order valence-electron chi connectivity index (χ0n) is 25.3. The maximum absolute atomic E-state index is 6.63. The van der Waals surface area contributed by atoms with Crippen molar-refractivity contribution >= 4 is 8.32 Å². The van der Waals surface area contributed by atoms with Gasteiger partial charge in [-0.3, -0.25) is 0 Å². The number of methoxy groups -OCH3 is 1. The van der Waals surface area contributed by atoms with Gasteiger partial charge in [-0.2, -0.15) is 0 Å². The van der Waals surface area contributed by atoms with Gasteiger partial charge in [0.25, 0.3) is 0 Å². The molecule has 0 unspecified atom stereocenters. The first-order valence-electron chi connectivity index (χ1n) is 14.0. The predicted molar refractivity (Wildman–Crippen MR) is 156 cm³/mol. The molecule has 212 valence electrons. The molecule has 1 aromatic carbocycles. The van der Waals surface area contributed by atoms with Gasteiger partial charge in [-0.25, -0.2) is 0 Å². The van der Waals surface area contributed by atoms with E-state index in [0.717, 1.165) is 43.6 Å². The van der Waals surface area contributed by atoms with Crippen molar-refractivity contribution < 1.29 is 23.4 Å². The highest BCUT2D eigenvalue weighted by Gasteiger charge is 2.39. The first-order valence-corrected chi connectivity index (χ1v) is 16.9. The summed E-state index contributed by atoms with van der Waals surface area (Å²) in [5, 5.41) is 0.187. The largest absolute Gasteiger partial charge is 0.497 e. The Morgan fingerprint density at radius 2 is 1.70 bits per heavy atom. The fourth-order valence-electron chi connectivity index (χ4n) is 4.79. The van der Waals surface area contributed by atoms with E-state index in [1.54, 1.807) is 7.11 Å². The number of rotatable bonds is 14. The van der Waals surface area contributed by atoms with Crippen LogP contribution in [0.5, 0.6) is 5.75 Å². The lowest BCUT2D eigenvalue weighted by Gasteiger charge is -2.41. The molecule has 5 nitrogen and oxygen atoms in total. The Morgan fingerprint density at radius 3 is 2.27 bits per heavy atom. The molecule has 0 spiro atoms. The van der Waals surface area contributed by atoms with E-state index in [4.69, 9.17) is 23.4 Å². The third kappa shape index (κ3) is 10.1. The van der Waals surface area contributed by atoms with Crippen molar-refractivity contribution in [2.75, 3.05) is 13.7 Å². The number of ether oxygens (including phenoxy) is 4. The van der Waals surface area contributed by atoms with Crippen molar-refractivity contribution in [3.05, 3.63) is 42.5 Å². The van der Waals surface area contributed by atoms with Crippen LogP contribution in [-0.4, -0.2) is 46.1 Å². The van der Waals surface area contributed by atoms with Crippen LogP contribution in [0.25, 0.3) is 0 Å². The Balaban J connectivity index is 2.07. The molecule has 1 aliphatic rings. The molecule has 0 bridgehead atoms. The standard InChI is InChI=1S/C31H54O5Si/c1-12-13-27-20-28(36-31(7,8)35-27)17-14-23(2)29(24(3)21-34-37(10,11)30(4,5)6)33-22-25-15-18-26(32-9)19-16-25/h12,15-16,18-19,23-24,27-29H,1,13-14,17,20-22H2,2-11H3/t23-,24-,27+,28+,29+/m1/s1. The average Bonchev–Trinajstić information content (AvgIpc) is 2.80. The van der Waals surface area contributed by atoms with Crippen molar-refractivity contribution in [1.82, 2.24) is 0 Å². The zero-order chi connectivity index (χ0) is 27.9. The van der Waals surface area contributed by atoms with Crippen molar-refractivity contribution in [3.63, 3.8) is 0 Å². The summed E-state index contributed by atoms with van der Waals surface area (Å²) in [6.45, 7) is 25.3. The molecule has 37 heavy (non-hydrogen) atoms. The minimum absolute atomic E-state index is 0.0868. The first kappa shape index (κ1) is 32.0. The number of hydrogen-bond acceptors (Lipinski definition) is 5. The Morgan fingerprint density at radius 1 is 1.08 bits per heavy atom. The lowest BCUT2D eigenvalue weighted by Crippen LogP contribution is -2.45. The average molecular weight is 535 g/mol. The van der Waals surface area contributed by atoms with E-state index < -0.39 is 14.1 Å². The molecule has 5 atom stereocenters. The molecular weight excluding hydrogens is 480 g/mol. The molecule has 1 aromatic rings. The highest BCUT2D eigenvalue weighted by Crippen LogP contribution is 2.38.